The van der Waals surface area contributed by atoms with Crippen molar-refractivity contribution in [2.75, 3.05) is 20.6 Å². The number of aliphatic carboxylic acids is 1. The molecule has 58 heavy (non-hydrogen) atoms. The molecule has 4 saturated carbocycles. The first-order valence-corrected chi connectivity index (χ1v) is 22.3. The largest absolute Gasteiger partial charge is 0.481 e. The van der Waals surface area contributed by atoms with Gasteiger partial charge in [-0.1, -0.05) is 60.1 Å². The number of nitrogens with zero attached hydrogens (tertiary/aromatic N) is 3. The smallest absolute Gasteiger partial charge is 0.309 e. The minimum atomic E-state index is -1.18. The number of esters is 1. The van der Waals surface area contributed by atoms with E-state index >= 15 is 0 Å². The summed E-state index contributed by atoms with van der Waals surface area (Å²) >= 11 is 6.31. The number of halogens is 1. The zero-order valence-corrected chi connectivity index (χ0v) is 37.7. The molecule has 0 amide bonds. The third kappa shape index (κ3) is 6.41. The van der Waals surface area contributed by atoms with Gasteiger partial charge in [-0.3, -0.25) is 23.9 Å². The molecule has 1 heterocycles. The van der Waals surface area contributed by atoms with Gasteiger partial charge < -0.3 is 14.7 Å². The number of allylic oxidation sites excluding steroid dienone is 2. The molecule has 1 N–H and O–H groups in total. The fraction of sp³-hybridized carbons (Fsp3) is 0.708. The summed E-state index contributed by atoms with van der Waals surface area (Å²) in [7, 11) is 4.11. The SMILES string of the molecule is CC(C)C1=C2[C@H]3CC[C@@H]4[C@@]5(C)CC[C@H](OC(=O)CC(C)(C)C(=O)O)C(C)(C)[C@@H]5CC[C@@]4(C)[C@]3(C)CC[C@@]2(c2cc(=O)n(-c3ccc(Cl)cc3)n2CCN(C)C)CC1=O. The van der Waals surface area contributed by atoms with E-state index < -0.39 is 22.8 Å². The number of fused-ring (bicyclic) bond motifs is 7. The van der Waals surface area contributed by atoms with E-state index in [2.05, 4.69) is 72.1 Å². The molecule has 0 aliphatic heterocycles. The number of rotatable bonds is 10. The van der Waals surface area contributed by atoms with Gasteiger partial charge in [0.05, 0.1) is 29.8 Å². The highest BCUT2D eigenvalue weighted by Gasteiger charge is 2.70. The van der Waals surface area contributed by atoms with E-state index in [4.69, 9.17) is 16.3 Å². The van der Waals surface area contributed by atoms with Gasteiger partial charge >= 0.3 is 11.9 Å². The Morgan fingerprint density at radius 2 is 1.60 bits per heavy atom. The van der Waals surface area contributed by atoms with Gasteiger partial charge in [0.2, 0.25) is 0 Å². The van der Waals surface area contributed by atoms with Crippen LogP contribution in [0, 0.1) is 50.7 Å². The molecule has 0 unspecified atom stereocenters. The predicted octanol–water partition coefficient (Wildman–Crippen LogP) is 9.50. The third-order valence-corrected chi connectivity index (χ3v) is 17.4. The minimum Gasteiger partial charge on any atom is -0.481 e. The van der Waals surface area contributed by atoms with Crippen LogP contribution in [0.2, 0.25) is 5.02 Å². The predicted molar refractivity (Wildman–Crippen MR) is 228 cm³/mol. The molecule has 0 bridgehead atoms. The van der Waals surface area contributed by atoms with Crippen molar-refractivity contribution in [3.05, 3.63) is 62.5 Å². The number of benzene rings is 1. The van der Waals surface area contributed by atoms with Crippen molar-refractivity contribution in [1.82, 2.24) is 14.3 Å². The van der Waals surface area contributed by atoms with Crippen LogP contribution in [-0.4, -0.2) is 63.8 Å². The van der Waals surface area contributed by atoms with E-state index in [-0.39, 0.29) is 57.4 Å². The Hall–Kier alpha value is -3.17. The van der Waals surface area contributed by atoms with Crippen LogP contribution in [0.4, 0.5) is 0 Å². The lowest BCUT2D eigenvalue weighted by Gasteiger charge is -2.72. The Bertz CT molecular complexity index is 2080. The zero-order chi connectivity index (χ0) is 42.5. The first-order valence-electron chi connectivity index (χ1n) is 21.9. The summed E-state index contributed by atoms with van der Waals surface area (Å²) in [6.45, 7) is 21.1. The van der Waals surface area contributed by atoms with Gasteiger partial charge in [-0.15, -0.1) is 0 Å². The highest BCUT2D eigenvalue weighted by Crippen LogP contribution is 2.77. The molecule has 8 atom stereocenters. The first-order chi connectivity index (χ1) is 26.9. The van der Waals surface area contributed by atoms with Crippen molar-refractivity contribution in [2.45, 2.75) is 145 Å². The van der Waals surface area contributed by atoms with Gasteiger partial charge in [0.25, 0.3) is 5.56 Å². The quantitative estimate of drug-likeness (QED) is 0.238. The summed E-state index contributed by atoms with van der Waals surface area (Å²) in [5.41, 5.74) is 1.97. The monoisotopic (exact) mass is 817 g/mol. The van der Waals surface area contributed by atoms with Crippen molar-refractivity contribution in [3.8, 4) is 5.69 Å². The summed E-state index contributed by atoms with van der Waals surface area (Å²) in [5.74, 6) is -0.0926. The summed E-state index contributed by atoms with van der Waals surface area (Å²) in [6, 6.07) is 9.32. The molecule has 9 nitrogen and oxygen atoms in total. The molecule has 4 fully saturated rings. The van der Waals surface area contributed by atoms with E-state index in [1.165, 1.54) is 5.57 Å². The Labute approximate surface area is 350 Å². The summed E-state index contributed by atoms with van der Waals surface area (Å²) in [4.78, 5) is 56.0. The lowest BCUT2D eigenvalue weighted by Crippen LogP contribution is -2.66. The second kappa shape index (κ2) is 14.5. The molecule has 2 aromatic rings. The molecule has 1 aromatic heterocycles. The van der Waals surface area contributed by atoms with Gasteiger partial charge in [-0.2, -0.15) is 0 Å². The number of ether oxygens (including phenoxy) is 1. The zero-order valence-electron chi connectivity index (χ0n) is 37.0. The Balaban J connectivity index is 1.27. The number of carbonyl (C=O) groups excluding carboxylic acids is 2. The molecule has 0 spiro atoms. The third-order valence-electron chi connectivity index (χ3n) is 17.1. The topological polar surface area (TPSA) is 111 Å². The Morgan fingerprint density at radius 3 is 2.22 bits per heavy atom. The maximum atomic E-state index is 14.6. The van der Waals surface area contributed by atoms with Gasteiger partial charge in [0.15, 0.2) is 5.78 Å². The highest BCUT2D eigenvalue weighted by atomic mass is 35.5. The van der Waals surface area contributed by atoms with E-state index in [1.54, 1.807) is 18.5 Å². The fourth-order valence-electron chi connectivity index (χ4n) is 14.0. The summed E-state index contributed by atoms with van der Waals surface area (Å²) in [6.07, 6.45) is 7.68. The second-order valence-corrected chi connectivity index (χ2v) is 22.0. The molecule has 10 heteroatoms. The fourth-order valence-corrected chi connectivity index (χ4v) is 14.1. The first kappa shape index (κ1) is 42.9. The van der Waals surface area contributed by atoms with Crippen molar-refractivity contribution >= 4 is 29.3 Å². The maximum Gasteiger partial charge on any atom is 0.309 e. The number of hydrogen-bond donors (Lipinski definition) is 1. The Morgan fingerprint density at radius 1 is 0.931 bits per heavy atom. The average molecular weight is 819 g/mol. The van der Waals surface area contributed by atoms with Crippen LogP contribution in [0.5, 0.6) is 0 Å². The number of carboxylic acids is 1. The number of hydrogen-bond acceptors (Lipinski definition) is 6. The molecular weight excluding hydrogens is 750 g/mol. The van der Waals surface area contributed by atoms with Crippen LogP contribution in [0.25, 0.3) is 5.69 Å². The molecule has 7 rings (SSSR count). The van der Waals surface area contributed by atoms with E-state index in [1.807, 2.05) is 30.3 Å². The van der Waals surface area contributed by atoms with Crippen molar-refractivity contribution in [1.29, 1.82) is 0 Å². The van der Waals surface area contributed by atoms with Gasteiger partial charge in [-0.25, -0.2) is 4.68 Å². The van der Waals surface area contributed by atoms with Gasteiger partial charge in [0, 0.05) is 34.9 Å². The van der Waals surface area contributed by atoms with E-state index in [0.29, 0.717) is 29.8 Å². The van der Waals surface area contributed by atoms with Crippen molar-refractivity contribution in [3.63, 3.8) is 0 Å². The van der Waals surface area contributed by atoms with Crippen LogP contribution in [-0.2, 0) is 31.1 Å². The summed E-state index contributed by atoms with van der Waals surface area (Å²) < 4.78 is 10.2. The lowest BCUT2D eigenvalue weighted by molar-refractivity contribution is -0.232. The second-order valence-electron chi connectivity index (χ2n) is 21.6. The number of carbonyl (C=O) groups is 3. The number of aromatic nitrogens is 2. The van der Waals surface area contributed by atoms with E-state index in [0.717, 1.165) is 74.9 Å². The normalized spacial score (nSPS) is 34.4. The number of likely N-dealkylation sites (N-methyl/N-ethyl adjacent to an activating group) is 1. The highest BCUT2D eigenvalue weighted by molar-refractivity contribution is 6.30. The molecule has 5 aliphatic carbocycles. The van der Waals surface area contributed by atoms with Gasteiger partial charge in [0.1, 0.15) is 6.10 Å². The van der Waals surface area contributed by atoms with Crippen LogP contribution >= 0.6 is 11.6 Å². The van der Waals surface area contributed by atoms with Crippen molar-refractivity contribution < 1.29 is 24.2 Å². The standard InChI is InChI=1S/C48H68ClN3O6/c1-29(2)40-33(53)27-48(36-26-38(54)52(51(36)25-24-50(10)11)31-14-12-30(49)13-15-31)23-22-46(8)32(41(40)48)16-17-35-45(7)20-19-37(58-39(55)28-43(3,4)42(56)57)44(5,6)34(45)18-21-47(35,46)9/h12-15,26,29,32,34-35,37H,16-25,27-28H2,1-11H3,(H,56,57)/t32-,34+,35-,37+,45+,46-,47-,48+/m1/s1. The van der Waals surface area contributed by atoms with Crippen molar-refractivity contribution in [2.24, 2.45) is 50.7 Å². The summed E-state index contributed by atoms with van der Waals surface area (Å²) in [5, 5.41) is 10.3. The molecule has 1 aromatic carbocycles. The van der Waals surface area contributed by atoms with Crippen LogP contribution in [0.3, 0.4) is 0 Å². The molecular formula is C48H68ClN3O6. The number of carboxylic acid groups (broad SMARTS) is 1. The molecule has 0 radical (unpaired) electrons. The lowest BCUT2D eigenvalue weighted by atomic mass is 9.33. The Kier molecular flexibility index (Phi) is 10.7. The number of Topliss-reactive ketones (excluding diaryl/α,β-unsaturated/α-hetero) is 1. The molecule has 318 valence electrons. The van der Waals surface area contributed by atoms with Gasteiger partial charge in [-0.05, 0) is 155 Å². The van der Waals surface area contributed by atoms with Crippen LogP contribution < -0.4 is 5.56 Å². The number of ketones is 1. The molecule has 0 saturated heterocycles. The molecule has 5 aliphatic rings. The average Bonchev–Trinajstić information content (AvgIpc) is 3.62. The van der Waals surface area contributed by atoms with Crippen LogP contribution in [0.15, 0.2) is 46.3 Å². The van der Waals surface area contributed by atoms with E-state index in [9.17, 15) is 24.3 Å². The minimum absolute atomic E-state index is 0.0129. The van der Waals surface area contributed by atoms with Crippen LogP contribution in [0.1, 0.15) is 132 Å². The maximum absolute atomic E-state index is 14.6.